The number of hydrogen-bond donors (Lipinski definition) is 0. The predicted molar refractivity (Wildman–Crippen MR) is 92.7 cm³/mol. The molecule has 2 aromatic rings. The van der Waals surface area contributed by atoms with Crippen molar-refractivity contribution >= 4 is 34.4 Å². The van der Waals surface area contributed by atoms with E-state index in [1.807, 2.05) is 6.26 Å². The Kier molecular flexibility index (Phi) is 9.33. The number of halogens is 4. The van der Waals surface area contributed by atoms with Gasteiger partial charge in [-0.2, -0.15) is 12.1 Å². The van der Waals surface area contributed by atoms with E-state index in [4.69, 9.17) is 4.74 Å². The third kappa shape index (κ3) is 5.22. The molecule has 0 N–H and O–H groups in total. The van der Waals surface area contributed by atoms with E-state index in [2.05, 4.69) is 6.07 Å². The molecule has 127 valence electrons. The summed E-state index contributed by atoms with van der Waals surface area (Å²) in [5.74, 6) is -0.220. The van der Waals surface area contributed by atoms with Gasteiger partial charge in [-0.1, -0.05) is 11.8 Å². The molecule has 1 aromatic carbocycles. The van der Waals surface area contributed by atoms with Crippen LogP contribution in [-0.4, -0.2) is 23.2 Å². The van der Waals surface area contributed by atoms with Gasteiger partial charge in [0, 0.05) is 32.7 Å². The van der Waals surface area contributed by atoms with Crippen LogP contribution < -0.4 is 10.3 Å². The minimum atomic E-state index is -2.75. The van der Waals surface area contributed by atoms with Gasteiger partial charge in [-0.15, -0.1) is 34.4 Å². The molecule has 0 atom stereocenters. The number of ether oxygens (including phenoxy) is 1. The van der Waals surface area contributed by atoms with Crippen LogP contribution in [-0.2, 0) is 39.3 Å². The maximum atomic E-state index is 14.3. The summed E-state index contributed by atoms with van der Waals surface area (Å²) >= 11 is 3.12. The van der Waals surface area contributed by atoms with Crippen molar-refractivity contribution in [3.63, 3.8) is 0 Å². The molecule has 0 amide bonds. The number of nitrogens with zero attached hydrogens (tertiary/aromatic N) is 1. The van der Waals surface area contributed by atoms with Crippen molar-refractivity contribution in [2.75, 3.05) is 12.2 Å². The van der Waals surface area contributed by atoms with Crippen molar-refractivity contribution in [1.82, 2.24) is 4.57 Å². The summed E-state index contributed by atoms with van der Waals surface area (Å²) in [6.07, 6.45) is -0.941. The first kappa shape index (κ1) is 22.0. The van der Waals surface area contributed by atoms with E-state index >= 15 is 0 Å². The summed E-state index contributed by atoms with van der Waals surface area (Å²) in [5, 5.41) is 0. The van der Waals surface area contributed by atoms with Gasteiger partial charge in [0.1, 0.15) is 5.94 Å². The molecule has 2 rings (SSSR count). The third-order valence-electron chi connectivity index (χ3n) is 2.92. The van der Waals surface area contributed by atoms with Gasteiger partial charge in [0.05, 0.1) is 18.1 Å². The Morgan fingerprint density at radius 3 is 2.75 bits per heavy atom. The first-order valence-electron chi connectivity index (χ1n) is 6.45. The van der Waals surface area contributed by atoms with E-state index in [9.17, 15) is 18.0 Å². The number of alkyl halides is 2. The minimum absolute atomic E-state index is 0. The molecule has 0 bridgehead atoms. The Morgan fingerprint density at radius 2 is 2.12 bits per heavy atom. The first-order chi connectivity index (χ1) is 11.0. The van der Waals surface area contributed by atoms with Crippen molar-refractivity contribution in [3.8, 4) is 17.0 Å². The molecule has 9 heteroatoms. The molecule has 0 saturated carbocycles. The number of pyridine rings is 1. The van der Waals surface area contributed by atoms with Crippen LogP contribution in [0.4, 0.5) is 13.2 Å². The molecule has 0 fully saturated rings. The van der Waals surface area contributed by atoms with Gasteiger partial charge in [0.2, 0.25) is 5.56 Å². The molecule has 3 nitrogen and oxygen atoms in total. The molecule has 0 unspecified atom stereocenters. The smallest absolute Gasteiger partial charge is 0.256 e. The number of hydrogen-bond acceptors (Lipinski definition) is 3. The van der Waals surface area contributed by atoms with Gasteiger partial charge in [-0.05, 0) is 27.5 Å². The fourth-order valence-electron chi connectivity index (χ4n) is 2.00. The zero-order chi connectivity index (χ0) is 17.0. The Balaban J connectivity index is 0.00000288. The molecule has 0 aliphatic heterocycles. The molecule has 1 radical (unpaired) electrons. The normalized spacial score (nSPS) is 10.6. The molecule has 0 spiro atoms. The standard InChI is InChI=1S/C15H12F3INO2S.Y/c1-23-8-22-12-4-2-3-9(16)14(12)11-6-5-10(19)15(21)20(11)7-13(17)18;/h2-5,13H,7-8H2,1H3;/q-1;. The Bertz CT molecular complexity index is 758. The Hall–Kier alpha value is -0.0561. The van der Waals surface area contributed by atoms with E-state index in [-0.39, 0.29) is 59.2 Å². The molecule has 24 heavy (non-hydrogen) atoms. The number of rotatable bonds is 6. The van der Waals surface area contributed by atoms with Crippen molar-refractivity contribution in [3.05, 3.63) is 50.1 Å². The second-order valence-electron chi connectivity index (χ2n) is 4.46. The van der Waals surface area contributed by atoms with E-state index < -0.39 is 24.3 Å². The van der Waals surface area contributed by atoms with E-state index in [1.54, 1.807) is 22.6 Å². The largest absolute Gasteiger partial charge is 0.495 e. The van der Waals surface area contributed by atoms with Gasteiger partial charge in [-0.25, -0.2) is 13.2 Å². The summed E-state index contributed by atoms with van der Waals surface area (Å²) in [6.45, 7) is -0.836. The summed E-state index contributed by atoms with van der Waals surface area (Å²) in [5.41, 5.74) is -0.709. The second-order valence-corrected chi connectivity index (χ2v) is 6.43. The van der Waals surface area contributed by atoms with Crippen LogP contribution in [0.25, 0.3) is 11.3 Å². The van der Waals surface area contributed by atoms with Gasteiger partial charge in [0.25, 0.3) is 6.43 Å². The van der Waals surface area contributed by atoms with Gasteiger partial charge < -0.3 is 9.30 Å². The zero-order valence-electron chi connectivity index (χ0n) is 12.6. The number of benzene rings is 1. The first-order valence-corrected chi connectivity index (χ1v) is 8.92. The molecule has 0 aliphatic rings. The molecule has 1 aromatic heterocycles. The van der Waals surface area contributed by atoms with E-state index in [0.717, 1.165) is 4.57 Å². The summed E-state index contributed by atoms with van der Waals surface area (Å²) < 4.78 is 46.5. The summed E-state index contributed by atoms with van der Waals surface area (Å²) in [4.78, 5) is 12.2. The summed E-state index contributed by atoms with van der Waals surface area (Å²) in [7, 11) is 0. The predicted octanol–water partition coefficient (Wildman–Crippen LogP) is 4.02. The molecular formula is C15H12F3INO2SY-. The van der Waals surface area contributed by atoms with Crippen LogP contribution in [0.1, 0.15) is 0 Å². The third-order valence-corrected chi connectivity index (χ3v) is 4.05. The van der Waals surface area contributed by atoms with Crippen molar-refractivity contribution in [2.45, 2.75) is 13.0 Å². The summed E-state index contributed by atoms with van der Waals surface area (Å²) in [6, 6.07) is 8.24. The monoisotopic (exact) mass is 543 g/mol. The molecule has 0 saturated heterocycles. The Labute approximate surface area is 180 Å². The van der Waals surface area contributed by atoms with Gasteiger partial charge >= 0.3 is 0 Å². The number of aromatic nitrogens is 1. The van der Waals surface area contributed by atoms with Crippen molar-refractivity contribution < 1.29 is 50.6 Å². The van der Waals surface area contributed by atoms with Gasteiger partial charge in [-0.3, -0.25) is 4.79 Å². The van der Waals surface area contributed by atoms with Crippen LogP contribution >= 0.6 is 34.4 Å². The van der Waals surface area contributed by atoms with Crippen LogP contribution in [0.15, 0.2) is 29.1 Å². The fraction of sp³-hybridized carbons (Fsp3) is 0.267. The van der Waals surface area contributed by atoms with Crippen LogP contribution in [0.2, 0.25) is 0 Å². The average Bonchev–Trinajstić information content (AvgIpc) is 2.50. The Morgan fingerprint density at radius 1 is 1.42 bits per heavy atom. The van der Waals surface area contributed by atoms with Crippen molar-refractivity contribution in [2.24, 2.45) is 0 Å². The van der Waals surface area contributed by atoms with Crippen LogP contribution in [0.3, 0.4) is 0 Å². The molecular weight excluding hydrogens is 531 g/mol. The fourth-order valence-corrected chi connectivity index (χ4v) is 2.69. The SMILES string of the molecule is CSCOc1cccc(F)c1-c1[c-]cc(I)c(=O)n1CC(F)F.[Y]. The maximum Gasteiger partial charge on any atom is 0.256 e. The topological polar surface area (TPSA) is 31.2 Å². The van der Waals surface area contributed by atoms with E-state index in [0.29, 0.717) is 0 Å². The van der Waals surface area contributed by atoms with Crippen LogP contribution in [0, 0.1) is 15.5 Å². The quantitative estimate of drug-likeness (QED) is 0.314. The van der Waals surface area contributed by atoms with Crippen LogP contribution in [0.5, 0.6) is 5.75 Å². The molecule has 1 heterocycles. The average molecular weight is 543 g/mol. The van der Waals surface area contributed by atoms with E-state index in [1.165, 1.54) is 36.0 Å². The molecule has 0 aliphatic carbocycles. The second kappa shape index (κ2) is 10.2. The maximum absolute atomic E-state index is 14.3. The minimum Gasteiger partial charge on any atom is -0.495 e. The number of thioether (sulfide) groups is 1. The van der Waals surface area contributed by atoms with Gasteiger partial charge in [0.15, 0.2) is 0 Å². The van der Waals surface area contributed by atoms with Crippen molar-refractivity contribution in [1.29, 1.82) is 0 Å². The zero-order valence-corrected chi connectivity index (χ0v) is 18.4.